The molecule has 3 rings (SSSR count). The van der Waals surface area contributed by atoms with E-state index in [1.165, 1.54) is 13.2 Å². The van der Waals surface area contributed by atoms with Crippen LogP contribution in [0.25, 0.3) is 0 Å². The molecule has 0 amide bonds. The van der Waals surface area contributed by atoms with Gasteiger partial charge in [-0.2, -0.15) is 0 Å². The molecule has 1 saturated carbocycles. The first-order valence-corrected chi connectivity index (χ1v) is 10.6. The second-order valence-electron chi connectivity index (χ2n) is 7.51. The molecule has 0 radical (unpaired) electrons. The Labute approximate surface area is 179 Å². The second-order valence-corrected chi connectivity index (χ2v) is 7.51. The highest BCUT2D eigenvalue weighted by atomic mass is 19.1. The molecule has 0 saturated heterocycles. The zero-order valence-electron chi connectivity index (χ0n) is 18.6. The van der Waals surface area contributed by atoms with Crippen molar-refractivity contribution in [2.24, 2.45) is 11.8 Å². The fraction of sp³-hybridized carbons (Fsp3) is 0.480. The van der Waals surface area contributed by atoms with E-state index in [4.69, 9.17) is 14.2 Å². The zero-order valence-corrected chi connectivity index (χ0v) is 18.6. The van der Waals surface area contributed by atoms with Crippen LogP contribution in [0.4, 0.5) is 4.39 Å². The lowest BCUT2D eigenvalue weighted by Gasteiger charge is -2.35. The van der Waals surface area contributed by atoms with Crippen LogP contribution in [0.5, 0.6) is 11.5 Å². The third-order valence-electron chi connectivity index (χ3n) is 5.41. The number of halogens is 1. The van der Waals surface area contributed by atoms with Crippen molar-refractivity contribution in [2.75, 3.05) is 20.8 Å². The van der Waals surface area contributed by atoms with E-state index in [2.05, 4.69) is 0 Å². The number of methoxy groups -OCH3 is 2. The van der Waals surface area contributed by atoms with Gasteiger partial charge in [-0.3, -0.25) is 4.79 Å². The quantitative estimate of drug-likeness (QED) is 0.511. The molecule has 1 aliphatic rings. The molecule has 164 valence electrons. The fourth-order valence-electron chi connectivity index (χ4n) is 3.70. The Hall–Kier alpha value is -2.56. The third kappa shape index (κ3) is 6.22. The number of esters is 1. The van der Waals surface area contributed by atoms with Gasteiger partial charge in [0.15, 0.2) is 0 Å². The average molecular weight is 417 g/mol. The van der Waals surface area contributed by atoms with Gasteiger partial charge in [-0.15, -0.1) is 0 Å². The maximum absolute atomic E-state index is 14.1. The molecule has 4 nitrogen and oxygen atoms in total. The molecule has 2 aromatic rings. The number of ether oxygens (including phenoxy) is 3. The molecule has 1 aliphatic carbocycles. The molecule has 0 unspecified atom stereocenters. The lowest BCUT2D eigenvalue weighted by molar-refractivity contribution is -0.144. The Bertz CT molecular complexity index is 815. The predicted molar refractivity (Wildman–Crippen MR) is 117 cm³/mol. The molecule has 30 heavy (non-hydrogen) atoms. The summed E-state index contributed by atoms with van der Waals surface area (Å²) in [6.07, 6.45) is 2.43. The van der Waals surface area contributed by atoms with Crippen molar-refractivity contribution < 1.29 is 23.4 Å². The average Bonchev–Trinajstić information content (AvgIpc) is 2.74. The first-order chi connectivity index (χ1) is 14.5. The van der Waals surface area contributed by atoms with Crippen LogP contribution >= 0.6 is 0 Å². The summed E-state index contributed by atoms with van der Waals surface area (Å²) in [4.78, 5) is 11.6. The molecule has 2 aromatic carbocycles. The number of hydrogen-bond acceptors (Lipinski definition) is 4. The van der Waals surface area contributed by atoms with Gasteiger partial charge in [-0.1, -0.05) is 32.9 Å². The molecule has 0 aromatic heterocycles. The van der Waals surface area contributed by atoms with Gasteiger partial charge in [-0.25, -0.2) is 4.39 Å². The van der Waals surface area contributed by atoms with Crippen molar-refractivity contribution in [1.82, 2.24) is 0 Å². The Morgan fingerprint density at radius 3 is 2.50 bits per heavy atom. The summed E-state index contributed by atoms with van der Waals surface area (Å²) < 4.78 is 30.0. The smallest absolute Gasteiger partial charge is 0.308 e. The number of benzene rings is 2. The monoisotopic (exact) mass is 416 g/mol. The largest absolute Gasteiger partial charge is 0.497 e. The standard InChI is InChI=1S/C23H27FO4.C2H6/c1-15(23(25)27-3)9-16-5-4-6-20(12-16)28-14-17-10-18(11-17)21-13-19(26-2)7-8-22(21)24;1-2/h4-8,12-13,15,17-18H,9-11,14H2,1-3H3;1-2H3/t15-,17?,18?;/m0./s1. The van der Waals surface area contributed by atoms with E-state index in [0.717, 1.165) is 29.7 Å². The van der Waals surface area contributed by atoms with Crippen molar-refractivity contribution in [3.8, 4) is 11.5 Å². The van der Waals surface area contributed by atoms with E-state index < -0.39 is 0 Å². The first-order valence-electron chi connectivity index (χ1n) is 10.6. The van der Waals surface area contributed by atoms with Gasteiger partial charge in [0, 0.05) is 0 Å². The van der Waals surface area contributed by atoms with E-state index in [1.807, 2.05) is 45.0 Å². The highest BCUT2D eigenvalue weighted by Gasteiger charge is 2.32. The molecule has 0 spiro atoms. The molecule has 1 fully saturated rings. The van der Waals surface area contributed by atoms with Crippen molar-refractivity contribution in [3.05, 3.63) is 59.4 Å². The molecule has 0 N–H and O–H groups in total. The summed E-state index contributed by atoms with van der Waals surface area (Å²) in [7, 11) is 3.00. The highest BCUT2D eigenvalue weighted by molar-refractivity contribution is 5.72. The van der Waals surface area contributed by atoms with Crippen LogP contribution < -0.4 is 9.47 Å². The van der Waals surface area contributed by atoms with E-state index >= 15 is 0 Å². The molecule has 5 heteroatoms. The Kier molecular flexibility index (Phi) is 9.15. The lowest BCUT2D eigenvalue weighted by Crippen LogP contribution is -2.27. The van der Waals surface area contributed by atoms with E-state index in [1.54, 1.807) is 19.2 Å². The SMILES string of the molecule is CC.COC(=O)[C@@H](C)Cc1cccc(OCC2CC(c3cc(OC)ccc3F)C2)c1. The van der Waals surface area contributed by atoms with Crippen LogP contribution in [0.15, 0.2) is 42.5 Å². The molecule has 1 atom stereocenters. The van der Waals surface area contributed by atoms with E-state index in [0.29, 0.717) is 24.7 Å². The second kappa shape index (κ2) is 11.6. The van der Waals surface area contributed by atoms with Crippen molar-refractivity contribution >= 4 is 5.97 Å². The normalized spacial score (nSPS) is 18.3. The molecule has 0 aliphatic heterocycles. The Balaban J connectivity index is 0.00000155. The zero-order chi connectivity index (χ0) is 22.1. The summed E-state index contributed by atoms with van der Waals surface area (Å²) in [6.45, 7) is 6.46. The summed E-state index contributed by atoms with van der Waals surface area (Å²) in [5.74, 6) is 1.54. The Morgan fingerprint density at radius 1 is 1.10 bits per heavy atom. The van der Waals surface area contributed by atoms with Gasteiger partial charge < -0.3 is 14.2 Å². The van der Waals surface area contributed by atoms with Gasteiger partial charge in [0.25, 0.3) is 0 Å². The number of rotatable bonds is 8. The lowest BCUT2D eigenvalue weighted by atomic mass is 9.71. The molecule has 0 heterocycles. The third-order valence-corrected chi connectivity index (χ3v) is 5.41. The van der Waals surface area contributed by atoms with E-state index in [-0.39, 0.29) is 23.6 Å². The summed E-state index contributed by atoms with van der Waals surface area (Å²) in [5.41, 5.74) is 1.77. The van der Waals surface area contributed by atoms with E-state index in [9.17, 15) is 9.18 Å². The number of carbonyl (C=O) groups is 1. The van der Waals surface area contributed by atoms with Crippen LogP contribution in [0.2, 0.25) is 0 Å². The summed E-state index contributed by atoms with van der Waals surface area (Å²) in [6, 6.07) is 12.7. The van der Waals surface area contributed by atoms with Gasteiger partial charge in [0.05, 0.1) is 26.7 Å². The number of carbonyl (C=O) groups excluding carboxylic acids is 1. The van der Waals surface area contributed by atoms with Gasteiger partial charge in [0.2, 0.25) is 0 Å². The molecule has 0 bridgehead atoms. The van der Waals surface area contributed by atoms with Crippen LogP contribution in [0.1, 0.15) is 50.7 Å². The number of hydrogen-bond donors (Lipinski definition) is 0. The van der Waals surface area contributed by atoms with Crippen molar-refractivity contribution in [2.45, 2.75) is 46.0 Å². The predicted octanol–water partition coefficient (Wildman–Crippen LogP) is 5.78. The van der Waals surface area contributed by atoms with Crippen LogP contribution in [-0.4, -0.2) is 26.8 Å². The minimum absolute atomic E-state index is 0.169. The molecular weight excluding hydrogens is 383 g/mol. The van der Waals surface area contributed by atoms with Crippen molar-refractivity contribution in [1.29, 1.82) is 0 Å². The maximum Gasteiger partial charge on any atom is 0.308 e. The first kappa shape index (κ1) is 23.7. The maximum atomic E-state index is 14.1. The minimum Gasteiger partial charge on any atom is -0.497 e. The van der Waals surface area contributed by atoms with Crippen LogP contribution in [0, 0.1) is 17.7 Å². The molecular formula is C25H33FO4. The van der Waals surface area contributed by atoms with Crippen LogP contribution in [-0.2, 0) is 16.0 Å². The minimum atomic E-state index is -0.211. The summed E-state index contributed by atoms with van der Waals surface area (Å²) >= 11 is 0. The fourth-order valence-corrected chi connectivity index (χ4v) is 3.70. The van der Waals surface area contributed by atoms with Crippen molar-refractivity contribution in [3.63, 3.8) is 0 Å². The Morgan fingerprint density at radius 2 is 1.83 bits per heavy atom. The van der Waals surface area contributed by atoms with Crippen LogP contribution in [0.3, 0.4) is 0 Å². The van der Waals surface area contributed by atoms with Gasteiger partial charge in [0.1, 0.15) is 17.3 Å². The summed E-state index contributed by atoms with van der Waals surface area (Å²) in [5, 5.41) is 0. The van der Waals surface area contributed by atoms with Gasteiger partial charge in [-0.05, 0) is 72.6 Å². The topological polar surface area (TPSA) is 44.8 Å². The highest BCUT2D eigenvalue weighted by Crippen LogP contribution is 2.43. The van der Waals surface area contributed by atoms with Gasteiger partial charge >= 0.3 is 5.97 Å².